The lowest BCUT2D eigenvalue weighted by molar-refractivity contribution is 0.826. The summed E-state index contributed by atoms with van der Waals surface area (Å²) in [5.74, 6) is 1.27. The average molecular weight is 215 g/mol. The van der Waals surface area contributed by atoms with Crippen molar-refractivity contribution in [2.75, 3.05) is 19.0 Å². The predicted molar refractivity (Wildman–Crippen MR) is 56.0 cm³/mol. The molecule has 0 amide bonds. The maximum atomic E-state index is 8.61. The zero-order chi connectivity index (χ0) is 11.5. The molecule has 0 bridgehead atoms. The Morgan fingerprint density at radius 2 is 2.19 bits per heavy atom. The Balaban J connectivity index is 2.41. The van der Waals surface area contributed by atoms with E-state index >= 15 is 0 Å². The second-order valence-corrected chi connectivity index (χ2v) is 3.23. The smallest absolute Gasteiger partial charge is 0.252 e. The molecule has 0 spiro atoms. The van der Waals surface area contributed by atoms with E-state index in [4.69, 9.17) is 5.26 Å². The van der Waals surface area contributed by atoms with Gasteiger partial charge in [0.15, 0.2) is 5.82 Å². The third kappa shape index (κ3) is 1.81. The van der Waals surface area contributed by atoms with Gasteiger partial charge in [0.25, 0.3) is 5.82 Å². The highest BCUT2D eigenvalue weighted by Crippen LogP contribution is 2.06. The van der Waals surface area contributed by atoms with Crippen LogP contribution in [0.3, 0.4) is 0 Å². The Hall–Kier alpha value is -2.49. The van der Waals surface area contributed by atoms with Crippen molar-refractivity contribution >= 4 is 5.95 Å². The molecule has 0 saturated heterocycles. The van der Waals surface area contributed by atoms with Crippen LogP contribution < -0.4 is 4.90 Å². The fourth-order valence-corrected chi connectivity index (χ4v) is 1.11. The molecular weight excluding hydrogens is 206 g/mol. The van der Waals surface area contributed by atoms with E-state index in [0.717, 1.165) is 0 Å². The monoisotopic (exact) mass is 215 g/mol. The van der Waals surface area contributed by atoms with Crippen LogP contribution in [0.2, 0.25) is 0 Å². The van der Waals surface area contributed by atoms with E-state index in [1.165, 1.54) is 11.0 Å². The van der Waals surface area contributed by atoms with Crippen molar-refractivity contribution in [1.29, 1.82) is 5.26 Å². The van der Waals surface area contributed by atoms with Crippen LogP contribution in [-0.2, 0) is 0 Å². The van der Waals surface area contributed by atoms with Gasteiger partial charge in [-0.25, -0.2) is 14.6 Å². The highest BCUT2D eigenvalue weighted by Gasteiger charge is 2.05. The van der Waals surface area contributed by atoms with Gasteiger partial charge >= 0.3 is 0 Å². The van der Waals surface area contributed by atoms with Gasteiger partial charge in [0.2, 0.25) is 5.95 Å². The molecule has 0 aromatic carbocycles. The Kier molecular flexibility index (Phi) is 2.47. The first kappa shape index (κ1) is 10.0. The van der Waals surface area contributed by atoms with Crippen LogP contribution in [-0.4, -0.2) is 38.8 Å². The van der Waals surface area contributed by atoms with E-state index in [1.54, 1.807) is 17.2 Å². The molecule has 2 rings (SSSR count). The van der Waals surface area contributed by atoms with Gasteiger partial charge in [0, 0.05) is 26.4 Å². The summed E-state index contributed by atoms with van der Waals surface area (Å²) < 4.78 is 1.44. The van der Waals surface area contributed by atoms with Crippen molar-refractivity contribution in [2.24, 2.45) is 0 Å². The number of anilines is 1. The van der Waals surface area contributed by atoms with E-state index in [9.17, 15) is 0 Å². The molecule has 0 atom stereocenters. The molecule has 0 radical (unpaired) electrons. The van der Waals surface area contributed by atoms with Gasteiger partial charge in [-0.1, -0.05) is 0 Å². The van der Waals surface area contributed by atoms with E-state index in [0.29, 0.717) is 11.8 Å². The lowest BCUT2D eigenvalue weighted by Gasteiger charge is -2.09. The quantitative estimate of drug-likeness (QED) is 0.700. The van der Waals surface area contributed by atoms with Crippen LogP contribution in [0.4, 0.5) is 5.95 Å². The number of hydrogen-bond acceptors (Lipinski definition) is 6. The van der Waals surface area contributed by atoms with Crippen molar-refractivity contribution in [3.05, 3.63) is 24.4 Å². The summed E-state index contributed by atoms with van der Waals surface area (Å²) in [5, 5.41) is 12.5. The lowest BCUT2D eigenvalue weighted by atomic mass is 10.6. The summed E-state index contributed by atoms with van der Waals surface area (Å²) >= 11 is 0. The molecule has 0 aliphatic heterocycles. The minimum atomic E-state index is 0.116. The average Bonchev–Trinajstić information content (AvgIpc) is 2.77. The number of hydrogen-bond donors (Lipinski definition) is 0. The van der Waals surface area contributed by atoms with Gasteiger partial charge in [-0.05, 0) is 0 Å². The summed E-state index contributed by atoms with van der Waals surface area (Å²) in [6.07, 6.45) is 3.08. The van der Waals surface area contributed by atoms with Crippen molar-refractivity contribution in [2.45, 2.75) is 0 Å². The Bertz CT molecular complexity index is 537. The zero-order valence-corrected chi connectivity index (χ0v) is 8.86. The van der Waals surface area contributed by atoms with Crippen LogP contribution in [0.1, 0.15) is 5.82 Å². The molecule has 0 unspecified atom stereocenters. The first-order valence-electron chi connectivity index (χ1n) is 4.53. The molecule has 80 valence electrons. The van der Waals surface area contributed by atoms with Gasteiger partial charge in [-0.15, -0.1) is 5.10 Å². The number of rotatable bonds is 2. The van der Waals surface area contributed by atoms with E-state index in [1.807, 2.05) is 20.2 Å². The molecule has 0 N–H and O–H groups in total. The molecule has 16 heavy (non-hydrogen) atoms. The van der Waals surface area contributed by atoms with E-state index in [2.05, 4.69) is 20.1 Å². The normalized spacial score (nSPS) is 9.81. The minimum Gasteiger partial charge on any atom is -0.347 e. The second-order valence-electron chi connectivity index (χ2n) is 3.23. The maximum absolute atomic E-state index is 8.61. The highest BCUT2D eigenvalue weighted by atomic mass is 15.4. The molecule has 2 aromatic rings. The first-order valence-corrected chi connectivity index (χ1v) is 4.53. The summed E-state index contributed by atoms with van der Waals surface area (Å²) in [5.41, 5.74) is 0. The minimum absolute atomic E-state index is 0.116. The van der Waals surface area contributed by atoms with Crippen molar-refractivity contribution < 1.29 is 0 Å². The van der Waals surface area contributed by atoms with Crippen LogP contribution in [0.25, 0.3) is 5.82 Å². The molecule has 0 saturated carbocycles. The molecule has 0 aliphatic rings. The first-order chi connectivity index (χ1) is 7.70. The van der Waals surface area contributed by atoms with Crippen LogP contribution >= 0.6 is 0 Å². The SMILES string of the molecule is CN(C)c1nccc(-n2cnc(C#N)n2)n1. The fraction of sp³-hybridized carbons (Fsp3) is 0.222. The summed E-state index contributed by atoms with van der Waals surface area (Å²) in [7, 11) is 3.70. The van der Waals surface area contributed by atoms with Gasteiger partial charge < -0.3 is 4.90 Å². The van der Waals surface area contributed by atoms with E-state index in [-0.39, 0.29) is 5.82 Å². The Morgan fingerprint density at radius 3 is 2.81 bits per heavy atom. The molecule has 7 heteroatoms. The lowest BCUT2D eigenvalue weighted by Crippen LogP contribution is -2.13. The highest BCUT2D eigenvalue weighted by molar-refractivity contribution is 5.32. The topological polar surface area (TPSA) is 83.5 Å². The second kappa shape index (κ2) is 3.94. The van der Waals surface area contributed by atoms with Crippen molar-refractivity contribution in [3.8, 4) is 11.9 Å². The largest absolute Gasteiger partial charge is 0.347 e. The summed E-state index contributed by atoms with van der Waals surface area (Å²) in [6.45, 7) is 0. The third-order valence-corrected chi connectivity index (χ3v) is 1.85. The Morgan fingerprint density at radius 1 is 1.38 bits per heavy atom. The van der Waals surface area contributed by atoms with Crippen LogP contribution in [0.15, 0.2) is 18.6 Å². The summed E-state index contributed by atoms with van der Waals surface area (Å²) in [6, 6.07) is 3.55. The van der Waals surface area contributed by atoms with Gasteiger partial charge in [0.1, 0.15) is 12.4 Å². The van der Waals surface area contributed by atoms with E-state index < -0.39 is 0 Å². The van der Waals surface area contributed by atoms with Crippen molar-refractivity contribution in [1.82, 2.24) is 24.7 Å². The maximum Gasteiger partial charge on any atom is 0.252 e. The van der Waals surface area contributed by atoms with Gasteiger partial charge in [0.05, 0.1) is 0 Å². The predicted octanol–water partition coefficient (Wildman–Crippen LogP) is -0.00502. The molecule has 2 heterocycles. The Labute approximate surface area is 92.0 Å². The number of aromatic nitrogens is 5. The number of nitrogens with zero attached hydrogens (tertiary/aromatic N) is 7. The standard InChI is InChI=1S/C9H9N7/c1-15(2)9-11-4-3-8(13-9)16-6-12-7(5-10)14-16/h3-4,6H,1-2H3. The van der Waals surface area contributed by atoms with Crippen LogP contribution in [0.5, 0.6) is 0 Å². The van der Waals surface area contributed by atoms with Crippen molar-refractivity contribution in [3.63, 3.8) is 0 Å². The van der Waals surface area contributed by atoms with Crippen LogP contribution in [0, 0.1) is 11.3 Å². The zero-order valence-electron chi connectivity index (χ0n) is 8.86. The number of nitriles is 1. The van der Waals surface area contributed by atoms with Gasteiger partial charge in [-0.3, -0.25) is 0 Å². The molecule has 7 nitrogen and oxygen atoms in total. The van der Waals surface area contributed by atoms with Gasteiger partial charge in [-0.2, -0.15) is 10.2 Å². The summed E-state index contributed by atoms with van der Waals surface area (Å²) in [4.78, 5) is 13.9. The molecular formula is C9H9N7. The molecule has 0 fully saturated rings. The molecule has 0 aliphatic carbocycles. The molecule has 2 aromatic heterocycles. The fourth-order valence-electron chi connectivity index (χ4n) is 1.11. The third-order valence-electron chi connectivity index (χ3n) is 1.85.